The van der Waals surface area contributed by atoms with Crippen molar-refractivity contribution in [1.82, 2.24) is 4.90 Å². The van der Waals surface area contributed by atoms with E-state index in [1.54, 1.807) is 35.6 Å². The molecular weight excluding hydrogens is 368 g/mol. The number of rotatable bonds is 3. The van der Waals surface area contributed by atoms with Crippen molar-refractivity contribution in [3.63, 3.8) is 0 Å². The summed E-state index contributed by atoms with van der Waals surface area (Å²) in [6.07, 6.45) is 6.28. The number of aryl methyl sites for hydroxylation is 1. The van der Waals surface area contributed by atoms with E-state index in [4.69, 9.17) is 11.6 Å². The van der Waals surface area contributed by atoms with Crippen LogP contribution in [0, 0.1) is 0 Å². The molecule has 136 valence electrons. The highest BCUT2D eigenvalue weighted by atomic mass is 35.5. The van der Waals surface area contributed by atoms with Crippen LogP contribution < -0.4 is 5.32 Å². The fourth-order valence-corrected chi connectivity index (χ4v) is 5.29. The van der Waals surface area contributed by atoms with Gasteiger partial charge in [0.1, 0.15) is 5.00 Å². The van der Waals surface area contributed by atoms with E-state index in [1.165, 1.54) is 11.3 Å². The first-order valence-electron chi connectivity index (χ1n) is 9.15. The Kier molecular flexibility index (Phi) is 5.00. The van der Waals surface area contributed by atoms with Gasteiger partial charge in [-0.2, -0.15) is 0 Å². The summed E-state index contributed by atoms with van der Waals surface area (Å²) in [4.78, 5) is 29.1. The van der Waals surface area contributed by atoms with E-state index in [9.17, 15) is 9.59 Å². The van der Waals surface area contributed by atoms with E-state index >= 15 is 0 Å². The van der Waals surface area contributed by atoms with Crippen molar-refractivity contribution in [1.29, 1.82) is 0 Å². The number of hydrogen-bond donors (Lipinski definition) is 1. The Morgan fingerprint density at radius 1 is 1.04 bits per heavy atom. The molecule has 26 heavy (non-hydrogen) atoms. The highest BCUT2D eigenvalue weighted by Gasteiger charge is 2.30. The van der Waals surface area contributed by atoms with Crippen LogP contribution in [0.1, 0.15) is 56.8 Å². The van der Waals surface area contributed by atoms with Crippen LogP contribution in [0.2, 0.25) is 5.02 Å². The molecule has 0 saturated carbocycles. The highest BCUT2D eigenvalue weighted by molar-refractivity contribution is 7.17. The van der Waals surface area contributed by atoms with Gasteiger partial charge < -0.3 is 10.2 Å². The lowest BCUT2D eigenvalue weighted by molar-refractivity contribution is 0.0725. The van der Waals surface area contributed by atoms with Gasteiger partial charge in [-0.15, -0.1) is 11.3 Å². The topological polar surface area (TPSA) is 49.4 Å². The van der Waals surface area contributed by atoms with Gasteiger partial charge in [-0.25, -0.2) is 0 Å². The first kappa shape index (κ1) is 17.6. The summed E-state index contributed by atoms with van der Waals surface area (Å²) in [6.45, 7) is 1.61. The maximum Gasteiger partial charge on any atom is 0.257 e. The molecule has 1 saturated heterocycles. The van der Waals surface area contributed by atoms with Gasteiger partial charge in [-0.3, -0.25) is 9.59 Å². The molecule has 2 heterocycles. The standard InChI is InChI=1S/C20H21ClN2O2S/c21-15-9-3-2-7-13(15)18(24)22-19-17(14-8-6-10-16(14)26-19)20(25)23-11-4-1-5-12-23/h2-3,7,9H,1,4-6,8,10-12H2,(H,22,24). The monoisotopic (exact) mass is 388 g/mol. The number of piperidine rings is 1. The van der Waals surface area contributed by atoms with Gasteiger partial charge in [0.05, 0.1) is 16.1 Å². The number of carbonyl (C=O) groups is 2. The van der Waals surface area contributed by atoms with Crippen molar-refractivity contribution >= 4 is 39.8 Å². The quantitative estimate of drug-likeness (QED) is 0.823. The molecule has 0 spiro atoms. The number of amides is 2. The first-order valence-corrected chi connectivity index (χ1v) is 10.3. The molecular formula is C20H21ClN2O2S. The van der Waals surface area contributed by atoms with E-state index in [1.807, 2.05) is 4.90 Å². The van der Waals surface area contributed by atoms with Gasteiger partial charge in [-0.1, -0.05) is 23.7 Å². The molecule has 1 aromatic heterocycles. The Bertz CT molecular complexity index is 855. The van der Waals surface area contributed by atoms with Crippen molar-refractivity contribution in [2.45, 2.75) is 38.5 Å². The Labute approximate surface area is 162 Å². The molecule has 0 radical (unpaired) electrons. The predicted molar refractivity (Wildman–Crippen MR) is 106 cm³/mol. The predicted octanol–water partition coefficient (Wildman–Crippen LogP) is 4.77. The van der Waals surface area contributed by atoms with Crippen molar-refractivity contribution in [2.24, 2.45) is 0 Å². The normalized spacial score (nSPS) is 16.4. The number of likely N-dealkylation sites (tertiary alicyclic amines) is 1. The zero-order chi connectivity index (χ0) is 18.1. The second kappa shape index (κ2) is 7.41. The minimum Gasteiger partial charge on any atom is -0.339 e. The van der Waals surface area contributed by atoms with Crippen LogP contribution in [0.25, 0.3) is 0 Å². The van der Waals surface area contributed by atoms with Crippen LogP contribution in [0.4, 0.5) is 5.00 Å². The number of thiophene rings is 1. The molecule has 1 aromatic carbocycles. The summed E-state index contributed by atoms with van der Waals surface area (Å²) < 4.78 is 0. The van der Waals surface area contributed by atoms with Crippen LogP contribution in [0.3, 0.4) is 0 Å². The van der Waals surface area contributed by atoms with Crippen LogP contribution in [-0.4, -0.2) is 29.8 Å². The van der Waals surface area contributed by atoms with Gasteiger partial charge >= 0.3 is 0 Å². The number of carbonyl (C=O) groups excluding carboxylic acids is 2. The first-order chi connectivity index (χ1) is 12.6. The number of fused-ring (bicyclic) bond motifs is 1. The van der Waals surface area contributed by atoms with Gasteiger partial charge in [0.25, 0.3) is 11.8 Å². The zero-order valence-electron chi connectivity index (χ0n) is 14.5. The van der Waals surface area contributed by atoms with Gasteiger partial charge in [0.2, 0.25) is 0 Å². The number of nitrogens with one attached hydrogen (secondary N) is 1. The maximum absolute atomic E-state index is 13.2. The van der Waals surface area contributed by atoms with Crippen LogP contribution >= 0.6 is 22.9 Å². The number of hydrogen-bond acceptors (Lipinski definition) is 3. The molecule has 1 fully saturated rings. The van der Waals surface area contributed by atoms with E-state index < -0.39 is 0 Å². The fourth-order valence-electron chi connectivity index (χ4n) is 3.79. The highest BCUT2D eigenvalue weighted by Crippen LogP contribution is 2.40. The van der Waals surface area contributed by atoms with Crippen molar-refractivity contribution in [2.75, 3.05) is 18.4 Å². The van der Waals surface area contributed by atoms with Gasteiger partial charge in [0, 0.05) is 18.0 Å². The van der Waals surface area contributed by atoms with E-state index in [2.05, 4.69) is 5.32 Å². The summed E-state index contributed by atoms with van der Waals surface area (Å²) in [5.74, 6) is -0.193. The van der Waals surface area contributed by atoms with Crippen molar-refractivity contribution in [3.05, 3.63) is 50.9 Å². The minimum absolute atomic E-state index is 0.0681. The minimum atomic E-state index is -0.261. The molecule has 4 nitrogen and oxygen atoms in total. The lowest BCUT2D eigenvalue weighted by atomic mass is 10.1. The smallest absolute Gasteiger partial charge is 0.257 e. The molecule has 2 aromatic rings. The summed E-state index contributed by atoms with van der Waals surface area (Å²) in [5, 5.41) is 4.06. The largest absolute Gasteiger partial charge is 0.339 e. The fraction of sp³-hybridized carbons (Fsp3) is 0.400. The average molecular weight is 389 g/mol. The zero-order valence-corrected chi connectivity index (χ0v) is 16.1. The Hall–Kier alpha value is -1.85. The molecule has 2 aliphatic rings. The molecule has 0 bridgehead atoms. The van der Waals surface area contributed by atoms with Crippen LogP contribution in [0.5, 0.6) is 0 Å². The lowest BCUT2D eigenvalue weighted by Gasteiger charge is -2.27. The van der Waals surface area contributed by atoms with E-state index in [0.29, 0.717) is 21.2 Å². The molecule has 2 amide bonds. The third-order valence-electron chi connectivity index (χ3n) is 5.12. The van der Waals surface area contributed by atoms with Gasteiger partial charge in [-0.05, 0) is 56.2 Å². The molecule has 1 aliphatic heterocycles. The third kappa shape index (κ3) is 3.26. The maximum atomic E-state index is 13.2. The second-order valence-corrected chi connectivity index (χ2v) is 8.36. The summed E-state index contributed by atoms with van der Waals surface area (Å²) in [6, 6.07) is 6.98. The van der Waals surface area contributed by atoms with Crippen LogP contribution in [0.15, 0.2) is 24.3 Å². The summed E-state index contributed by atoms with van der Waals surface area (Å²) in [7, 11) is 0. The number of anilines is 1. The number of nitrogens with zero attached hydrogens (tertiary/aromatic N) is 1. The molecule has 0 atom stereocenters. The van der Waals surface area contributed by atoms with Crippen LogP contribution in [-0.2, 0) is 12.8 Å². The average Bonchev–Trinajstić information content (AvgIpc) is 3.23. The molecule has 1 N–H and O–H groups in total. The van der Waals surface area contributed by atoms with Crippen molar-refractivity contribution < 1.29 is 9.59 Å². The second-order valence-electron chi connectivity index (χ2n) is 6.85. The van der Waals surface area contributed by atoms with E-state index in [0.717, 1.165) is 50.8 Å². The number of benzene rings is 1. The molecule has 6 heteroatoms. The molecule has 4 rings (SSSR count). The third-order valence-corrected chi connectivity index (χ3v) is 6.66. The molecule has 0 unspecified atom stereocenters. The summed E-state index contributed by atoms with van der Waals surface area (Å²) >= 11 is 7.70. The SMILES string of the molecule is O=C(Nc1sc2c(c1C(=O)N1CCCCC1)CCC2)c1ccccc1Cl. The Balaban J connectivity index is 1.65. The van der Waals surface area contributed by atoms with E-state index in [-0.39, 0.29) is 11.8 Å². The Morgan fingerprint density at radius 3 is 2.58 bits per heavy atom. The summed E-state index contributed by atoms with van der Waals surface area (Å²) in [5.41, 5.74) is 2.28. The van der Waals surface area contributed by atoms with Crippen molar-refractivity contribution in [3.8, 4) is 0 Å². The van der Waals surface area contributed by atoms with Gasteiger partial charge in [0.15, 0.2) is 0 Å². The Morgan fingerprint density at radius 2 is 1.81 bits per heavy atom. The number of halogens is 1. The lowest BCUT2D eigenvalue weighted by Crippen LogP contribution is -2.36. The molecule has 1 aliphatic carbocycles.